The lowest BCUT2D eigenvalue weighted by Gasteiger charge is -1.99. The van der Waals surface area contributed by atoms with Crippen LogP contribution >= 0.6 is 11.3 Å². The fraction of sp³-hybridized carbons (Fsp3) is 0.0909. The van der Waals surface area contributed by atoms with Crippen LogP contribution in [0.25, 0.3) is 0 Å². The number of phenols is 1. The van der Waals surface area contributed by atoms with Gasteiger partial charge in [-0.05, 0) is 22.9 Å². The minimum Gasteiger partial charge on any atom is -0.504 e. The molecule has 2 nitrogen and oxygen atoms in total. The molecule has 2 rings (SSSR count). The zero-order valence-corrected chi connectivity index (χ0v) is 8.70. The molecule has 0 spiro atoms. The largest absolute Gasteiger partial charge is 0.504 e. The Labute approximate surface area is 87.4 Å². The first-order valence-corrected chi connectivity index (χ1v) is 5.08. The Bertz CT molecular complexity index is 327. The molecule has 0 aliphatic rings. The Balaban J connectivity index is 0.000000165. The van der Waals surface area contributed by atoms with Crippen LogP contribution in [0.3, 0.4) is 0 Å². The summed E-state index contributed by atoms with van der Waals surface area (Å²) in [4.78, 5) is 0. The molecule has 0 unspecified atom stereocenters. The van der Waals surface area contributed by atoms with Gasteiger partial charge >= 0.3 is 0 Å². The highest BCUT2D eigenvalue weighted by molar-refractivity contribution is 7.07. The third kappa shape index (κ3) is 3.49. The molecule has 0 saturated carbocycles. The molecule has 0 saturated heterocycles. The first-order valence-electron chi connectivity index (χ1n) is 4.13. The van der Waals surface area contributed by atoms with Crippen molar-refractivity contribution in [2.24, 2.45) is 0 Å². The second kappa shape index (κ2) is 6.05. The lowest BCUT2D eigenvalue weighted by molar-refractivity contribution is 0.373. The van der Waals surface area contributed by atoms with Crippen LogP contribution in [0.15, 0.2) is 47.2 Å². The summed E-state index contributed by atoms with van der Waals surface area (Å²) < 4.78 is 4.79. The van der Waals surface area contributed by atoms with Gasteiger partial charge in [-0.15, -0.1) is 0 Å². The Kier molecular flexibility index (Phi) is 4.58. The van der Waals surface area contributed by atoms with Crippen molar-refractivity contribution in [2.45, 2.75) is 0 Å². The SMILES string of the molecule is COc1ccccc1O.c1ccsc1. The summed E-state index contributed by atoms with van der Waals surface area (Å²) in [5, 5.41) is 13.1. The summed E-state index contributed by atoms with van der Waals surface area (Å²) in [7, 11) is 1.52. The van der Waals surface area contributed by atoms with Gasteiger partial charge in [0.1, 0.15) is 0 Å². The molecule has 1 aromatic carbocycles. The van der Waals surface area contributed by atoms with Crippen molar-refractivity contribution in [2.75, 3.05) is 7.11 Å². The summed E-state index contributed by atoms with van der Waals surface area (Å²) >= 11 is 1.71. The predicted molar refractivity (Wildman–Crippen MR) is 59.0 cm³/mol. The van der Waals surface area contributed by atoms with Crippen LogP contribution in [0.5, 0.6) is 11.5 Å². The topological polar surface area (TPSA) is 29.5 Å². The van der Waals surface area contributed by atoms with E-state index in [0.29, 0.717) is 5.75 Å². The van der Waals surface area contributed by atoms with Gasteiger partial charge in [-0.3, -0.25) is 0 Å². The molecule has 0 aliphatic heterocycles. The van der Waals surface area contributed by atoms with Crippen molar-refractivity contribution in [1.82, 2.24) is 0 Å². The normalized spacial score (nSPS) is 8.64. The summed E-state index contributed by atoms with van der Waals surface area (Å²) in [5.74, 6) is 0.692. The predicted octanol–water partition coefficient (Wildman–Crippen LogP) is 3.15. The molecule has 0 aliphatic carbocycles. The van der Waals surface area contributed by atoms with Crippen LogP contribution in [0.4, 0.5) is 0 Å². The summed E-state index contributed by atoms with van der Waals surface area (Å²) in [6.45, 7) is 0. The van der Waals surface area contributed by atoms with E-state index in [1.54, 1.807) is 35.6 Å². The van der Waals surface area contributed by atoms with Crippen molar-refractivity contribution in [3.63, 3.8) is 0 Å². The summed E-state index contributed by atoms with van der Waals surface area (Å²) in [5.41, 5.74) is 0. The second-order valence-electron chi connectivity index (χ2n) is 2.46. The van der Waals surface area contributed by atoms with Crippen LogP contribution in [-0.4, -0.2) is 12.2 Å². The fourth-order valence-electron chi connectivity index (χ4n) is 0.857. The third-order valence-electron chi connectivity index (χ3n) is 1.51. The average molecular weight is 208 g/mol. The van der Waals surface area contributed by atoms with Crippen molar-refractivity contribution in [1.29, 1.82) is 0 Å². The van der Waals surface area contributed by atoms with Crippen molar-refractivity contribution in [3.8, 4) is 11.5 Å². The van der Waals surface area contributed by atoms with E-state index in [-0.39, 0.29) is 5.75 Å². The Morgan fingerprint density at radius 3 is 2.07 bits per heavy atom. The smallest absolute Gasteiger partial charge is 0.160 e. The molecule has 74 valence electrons. The van der Waals surface area contributed by atoms with Crippen LogP contribution in [0.2, 0.25) is 0 Å². The highest BCUT2D eigenvalue weighted by Gasteiger charge is 1.94. The van der Waals surface area contributed by atoms with Gasteiger partial charge in [-0.1, -0.05) is 24.3 Å². The highest BCUT2D eigenvalue weighted by Crippen LogP contribution is 2.22. The van der Waals surface area contributed by atoms with Crippen LogP contribution in [0.1, 0.15) is 0 Å². The lowest BCUT2D eigenvalue weighted by atomic mass is 10.3. The zero-order valence-electron chi connectivity index (χ0n) is 7.88. The van der Waals surface area contributed by atoms with Crippen LogP contribution in [0, 0.1) is 0 Å². The number of methoxy groups -OCH3 is 1. The Morgan fingerprint density at radius 1 is 1.07 bits per heavy atom. The van der Waals surface area contributed by atoms with E-state index in [4.69, 9.17) is 9.84 Å². The maximum absolute atomic E-state index is 8.99. The molecule has 0 bridgehead atoms. The van der Waals surface area contributed by atoms with E-state index in [9.17, 15) is 0 Å². The van der Waals surface area contributed by atoms with Gasteiger partial charge in [0.05, 0.1) is 7.11 Å². The average Bonchev–Trinajstić information content (AvgIpc) is 2.76. The minimum absolute atomic E-state index is 0.181. The number of phenolic OH excluding ortho intramolecular Hbond substituents is 1. The van der Waals surface area contributed by atoms with Gasteiger partial charge in [-0.25, -0.2) is 0 Å². The number of hydrogen-bond acceptors (Lipinski definition) is 3. The van der Waals surface area contributed by atoms with E-state index in [2.05, 4.69) is 0 Å². The maximum Gasteiger partial charge on any atom is 0.160 e. The van der Waals surface area contributed by atoms with Crippen molar-refractivity contribution in [3.05, 3.63) is 47.2 Å². The third-order valence-corrected chi connectivity index (χ3v) is 2.14. The summed E-state index contributed by atoms with van der Waals surface area (Å²) in [6, 6.07) is 10.9. The van der Waals surface area contributed by atoms with Gasteiger partial charge < -0.3 is 9.84 Å². The lowest BCUT2D eigenvalue weighted by Crippen LogP contribution is -1.80. The first kappa shape index (κ1) is 10.6. The number of ether oxygens (including phenoxy) is 1. The van der Waals surface area contributed by atoms with Crippen molar-refractivity contribution < 1.29 is 9.84 Å². The van der Waals surface area contributed by atoms with Gasteiger partial charge in [0.15, 0.2) is 11.5 Å². The number of hydrogen-bond donors (Lipinski definition) is 1. The van der Waals surface area contributed by atoms with Crippen LogP contribution < -0.4 is 4.74 Å². The number of aromatic hydroxyl groups is 1. The van der Waals surface area contributed by atoms with Gasteiger partial charge in [-0.2, -0.15) is 11.3 Å². The monoisotopic (exact) mass is 208 g/mol. The molecule has 14 heavy (non-hydrogen) atoms. The van der Waals surface area contributed by atoms with E-state index in [1.165, 1.54) is 7.11 Å². The maximum atomic E-state index is 8.99. The van der Waals surface area contributed by atoms with Gasteiger partial charge in [0.2, 0.25) is 0 Å². The second-order valence-corrected chi connectivity index (χ2v) is 3.28. The molecule has 0 atom stereocenters. The molecule has 1 aromatic heterocycles. The molecular weight excluding hydrogens is 196 g/mol. The molecule has 1 heterocycles. The van der Waals surface area contributed by atoms with E-state index in [1.807, 2.05) is 22.9 Å². The summed E-state index contributed by atoms with van der Waals surface area (Å²) in [6.07, 6.45) is 0. The standard InChI is InChI=1S/C7H8O2.C4H4S/c1-9-7-5-3-2-4-6(7)8;1-2-4-5-3-1/h2-5,8H,1H3;1-4H. The molecule has 0 radical (unpaired) electrons. The fourth-order valence-corrected chi connectivity index (χ4v) is 1.31. The molecular formula is C11H12O2S. The highest BCUT2D eigenvalue weighted by atomic mass is 32.1. The zero-order chi connectivity index (χ0) is 10.2. The number of para-hydroxylation sites is 2. The van der Waals surface area contributed by atoms with E-state index in [0.717, 1.165) is 0 Å². The number of thiophene rings is 1. The number of benzene rings is 1. The van der Waals surface area contributed by atoms with Crippen LogP contribution in [-0.2, 0) is 0 Å². The van der Waals surface area contributed by atoms with Gasteiger partial charge in [0.25, 0.3) is 0 Å². The molecule has 0 fully saturated rings. The first-order chi connectivity index (χ1) is 6.84. The Hall–Kier alpha value is -1.48. The quantitative estimate of drug-likeness (QED) is 0.780. The molecule has 1 N–H and O–H groups in total. The van der Waals surface area contributed by atoms with E-state index >= 15 is 0 Å². The van der Waals surface area contributed by atoms with Crippen molar-refractivity contribution >= 4 is 11.3 Å². The van der Waals surface area contributed by atoms with E-state index < -0.39 is 0 Å². The molecule has 0 amide bonds. The Morgan fingerprint density at radius 2 is 1.71 bits per heavy atom. The van der Waals surface area contributed by atoms with Gasteiger partial charge in [0, 0.05) is 0 Å². The number of rotatable bonds is 1. The minimum atomic E-state index is 0.181. The molecule has 2 aromatic rings. The molecule has 3 heteroatoms.